The number of carboxylic acids is 1. The molecule has 1 saturated carbocycles. The fourth-order valence-corrected chi connectivity index (χ4v) is 7.57. The summed E-state index contributed by atoms with van der Waals surface area (Å²) in [6.45, 7) is 11.2. The van der Waals surface area contributed by atoms with Gasteiger partial charge in [-0.25, -0.2) is 22.9 Å². The molecule has 0 unspecified atom stereocenters. The van der Waals surface area contributed by atoms with E-state index in [0.717, 1.165) is 25.0 Å². The quantitative estimate of drug-likeness (QED) is 0.164. The van der Waals surface area contributed by atoms with Crippen molar-refractivity contribution in [2.45, 2.75) is 71.1 Å². The molecule has 19 heteroatoms. The highest BCUT2D eigenvalue weighted by Gasteiger charge is 2.43. The highest BCUT2D eigenvalue weighted by Crippen LogP contribution is 2.46. The highest BCUT2D eigenvalue weighted by atomic mass is 31.2. The van der Waals surface area contributed by atoms with Crippen LogP contribution in [0, 0.1) is 11.6 Å². The number of nitrogens with zero attached hydrogens (tertiary/aromatic N) is 4. The molecule has 16 nitrogen and oxygen atoms in total. The van der Waals surface area contributed by atoms with Gasteiger partial charge >= 0.3 is 19.9 Å². The number of nitrogens with one attached hydrogen (secondary N) is 1. The molecule has 1 aliphatic carbocycles. The van der Waals surface area contributed by atoms with Crippen molar-refractivity contribution in [3.8, 4) is 5.75 Å². The smallest absolute Gasteiger partial charge is 0.470 e. The van der Waals surface area contributed by atoms with Gasteiger partial charge in [-0.3, -0.25) is 19.0 Å². The predicted octanol–water partition coefficient (Wildman–Crippen LogP) is 4.65. The minimum absolute atomic E-state index is 0.0325. The third-order valence-electron chi connectivity index (χ3n) is 10.1. The lowest BCUT2D eigenvalue weighted by Gasteiger charge is -2.42. The van der Waals surface area contributed by atoms with Crippen LogP contribution in [0.25, 0.3) is 10.9 Å². The number of amides is 2. The summed E-state index contributed by atoms with van der Waals surface area (Å²) in [6.07, 6.45) is 1.30. The average molecular weight is 808 g/mol. The number of anilines is 2. The molecule has 3 heterocycles. The summed E-state index contributed by atoms with van der Waals surface area (Å²) in [5, 5.41) is 12.0. The summed E-state index contributed by atoms with van der Waals surface area (Å²) in [7, 11) is -5.08. The number of pyridine rings is 1. The number of fused-ring (bicyclic) bond motifs is 1. The molecule has 2 saturated heterocycles. The molecule has 3 fully saturated rings. The van der Waals surface area contributed by atoms with Gasteiger partial charge in [-0.15, -0.1) is 0 Å². The van der Waals surface area contributed by atoms with E-state index in [1.54, 1.807) is 9.47 Å². The van der Waals surface area contributed by atoms with E-state index in [1.165, 1.54) is 55.9 Å². The van der Waals surface area contributed by atoms with Crippen molar-refractivity contribution in [1.82, 2.24) is 14.8 Å². The number of carbonyl (C=O) groups excluding carboxylic acids is 2. The maximum atomic E-state index is 15.5. The van der Waals surface area contributed by atoms with Crippen LogP contribution < -0.4 is 25.3 Å². The molecule has 0 spiro atoms. The minimum atomic E-state index is -5.08. The van der Waals surface area contributed by atoms with Crippen LogP contribution in [0.4, 0.5) is 25.0 Å². The number of carboxylic acid groups (broad SMARTS) is 1. The van der Waals surface area contributed by atoms with E-state index in [9.17, 15) is 38.6 Å². The number of benzene rings is 2. The number of halogens is 2. The molecule has 4 N–H and O–H groups in total. The second kappa shape index (κ2) is 17.7. The Bertz CT molecular complexity index is 2040. The third kappa shape index (κ3) is 10.2. The Kier molecular flexibility index (Phi) is 13.4. The molecule has 2 amide bonds. The molecule has 2 aliphatic heterocycles. The molecule has 1 atom stereocenters. The van der Waals surface area contributed by atoms with E-state index < -0.39 is 60.8 Å². The van der Waals surface area contributed by atoms with Crippen molar-refractivity contribution in [2.24, 2.45) is 0 Å². The van der Waals surface area contributed by atoms with Gasteiger partial charge in [0.25, 0.3) is 0 Å². The first-order valence-electron chi connectivity index (χ1n) is 18.5. The summed E-state index contributed by atoms with van der Waals surface area (Å²) in [5.41, 5.74) is -2.22. The van der Waals surface area contributed by atoms with Gasteiger partial charge < -0.3 is 44.1 Å². The maximum absolute atomic E-state index is 15.5. The number of aromatic carboxylic acids is 1. The van der Waals surface area contributed by atoms with Gasteiger partial charge in [0.15, 0.2) is 11.6 Å². The Hall–Kier alpha value is -4.61. The maximum Gasteiger partial charge on any atom is 0.470 e. The van der Waals surface area contributed by atoms with E-state index in [4.69, 9.17) is 14.0 Å². The Morgan fingerprint density at radius 2 is 1.70 bits per heavy atom. The van der Waals surface area contributed by atoms with E-state index in [1.807, 2.05) is 0 Å². The first-order chi connectivity index (χ1) is 26.5. The summed E-state index contributed by atoms with van der Waals surface area (Å²) >= 11 is 0. The molecule has 306 valence electrons. The largest absolute Gasteiger partial charge is 0.487 e. The zero-order valence-electron chi connectivity index (χ0n) is 31.7. The van der Waals surface area contributed by atoms with Crippen LogP contribution >= 0.6 is 7.82 Å². The standard InChI is InChI=1S/C31H33F2N4O11P.C6H15N/c1-17(38)34-13-20-14-37(30(42)47-20)19-4-5-27(24(33)10-19)46-16-31(48-49(43,44)45)6-8-35(9-7-31)26-12-25-21(11-23(26)32)28(39)22(29(40)41)15-36(25)18-2-3-18;1-4-7(5-2)6-3/h4-5,10-12,15,18,20H,2-3,6-9,13-14,16H2,1H3,(H,34,38)(H,40,41)(H2,43,44,45);4-6H2,1-3H3/t20-;/m0./s1. The van der Waals surface area contributed by atoms with Gasteiger partial charge in [0.1, 0.15) is 29.7 Å². The van der Waals surface area contributed by atoms with Crippen LogP contribution in [-0.4, -0.2) is 106 Å². The Labute approximate surface area is 322 Å². The summed E-state index contributed by atoms with van der Waals surface area (Å²) in [5.74, 6) is -3.63. The number of rotatable bonds is 14. The second-order valence-corrected chi connectivity index (χ2v) is 15.1. The molecule has 0 radical (unpaired) electrons. The number of aromatic nitrogens is 1. The number of ether oxygens (including phenoxy) is 2. The molecular formula is C37H48F2N5O11P. The lowest BCUT2D eigenvalue weighted by atomic mass is 9.92. The molecule has 3 aromatic rings. The Morgan fingerprint density at radius 3 is 2.23 bits per heavy atom. The van der Waals surface area contributed by atoms with Crippen LogP contribution in [0.1, 0.15) is 69.8 Å². The van der Waals surface area contributed by atoms with Crippen LogP contribution in [0.5, 0.6) is 5.75 Å². The first-order valence-corrected chi connectivity index (χ1v) is 20.0. The minimum Gasteiger partial charge on any atom is -0.487 e. The molecule has 6 rings (SSSR count). The number of cyclic esters (lactones) is 1. The second-order valence-electron chi connectivity index (χ2n) is 14.0. The number of phosphoric acid groups is 1. The van der Waals surface area contributed by atoms with Crippen molar-refractivity contribution in [2.75, 3.05) is 62.2 Å². The van der Waals surface area contributed by atoms with Gasteiger partial charge in [0.05, 0.1) is 30.0 Å². The fourth-order valence-electron chi connectivity index (χ4n) is 6.83. The lowest BCUT2D eigenvalue weighted by molar-refractivity contribution is -0.119. The van der Waals surface area contributed by atoms with Crippen LogP contribution in [0.3, 0.4) is 0 Å². The Balaban J connectivity index is 0.000000784. The van der Waals surface area contributed by atoms with Gasteiger partial charge in [-0.05, 0) is 69.6 Å². The lowest BCUT2D eigenvalue weighted by Crippen LogP contribution is -2.49. The van der Waals surface area contributed by atoms with E-state index >= 15 is 8.78 Å². The topological polar surface area (TPSA) is 200 Å². The van der Waals surface area contributed by atoms with E-state index in [2.05, 4.69) is 31.0 Å². The van der Waals surface area contributed by atoms with Crippen molar-refractivity contribution in [3.63, 3.8) is 0 Å². The zero-order valence-corrected chi connectivity index (χ0v) is 32.6. The van der Waals surface area contributed by atoms with Gasteiger partial charge in [-0.1, -0.05) is 20.8 Å². The van der Waals surface area contributed by atoms with E-state index in [-0.39, 0.29) is 73.5 Å². The van der Waals surface area contributed by atoms with E-state index in [0.29, 0.717) is 5.52 Å². The summed E-state index contributed by atoms with van der Waals surface area (Å²) in [6, 6.07) is 6.14. The zero-order chi connectivity index (χ0) is 40.9. The number of phosphoric ester groups is 1. The van der Waals surface area contributed by atoms with Crippen molar-refractivity contribution < 1.29 is 56.6 Å². The molecule has 56 heavy (non-hydrogen) atoms. The van der Waals surface area contributed by atoms with Crippen molar-refractivity contribution in [3.05, 3.63) is 63.9 Å². The summed E-state index contributed by atoms with van der Waals surface area (Å²) in [4.78, 5) is 72.6. The monoisotopic (exact) mass is 807 g/mol. The Morgan fingerprint density at radius 1 is 1.04 bits per heavy atom. The molecule has 0 bridgehead atoms. The normalized spacial score (nSPS) is 18.1. The fraction of sp³-hybridized carbons (Fsp3) is 0.514. The SMILES string of the molecule is CC(=O)NC[C@H]1CN(c2ccc(OCC3(OP(=O)(O)O)CCN(c4cc5c(cc4F)c(=O)c(C(=O)O)cn5C4CC4)CC3)c(F)c2)C(=O)O1.CCN(CC)CC. The first kappa shape index (κ1) is 42.5. The average Bonchev–Trinajstić information content (AvgIpc) is 3.92. The number of piperidine rings is 1. The van der Waals surface area contributed by atoms with Crippen LogP contribution in [0.2, 0.25) is 0 Å². The summed E-state index contributed by atoms with van der Waals surface area (Å²) < 4.78 is 60.4. The highest BCUT2D eigenvalue weighted by molar-refractivity contribution is 7.46. The number of carbonyl (C=O) groups is 3. The number of hydrogen-bond acceptors (Lipinski definition) is 10. The molecule has 1 aromatic heterocycles. The molecular weight excluding hydrogens is 759 g/mol. The predicted molar refractivity (Wildman–Crippen MR) is 202 cm³/mol. The van der Waals surface area contributed by atoms with Crippen molar-refractivity contribution in [1.29, 1.82) is 0 Å². The van der Waals surface area contributed by atoms with Gasteiger partial charge in [0, 0.05) is 43.7 Å². The van der Waals surface area contributed by atoms with Gasteiger partial charge in [0.2, 0.25) is 11.3 Å². The van der Waals surface area contributed by atoms with Gasteiger partial charge in [-0.2, -0.15) is 0 Å². The molecule has 2 aromatic carbocycles. The van der Waals surface area contributed by atoms with Crippen LogP contribution in [-0.2, 0) is 18.6 Å². The third-order valence-corrected chi connectivity index (χ3v) is 10.7. The van der Waals surface area contributed by atoms with Crippen molar-refractivity contribution >= 4 is 48.1 Å². The number of hydrogen-bond donors (Lipinski definition) is 4. The van der Waals surface area contributed by atoms with Crippen LogP contribution in [0.15, 0.2) is 41.3 Å². The molecule has 3 aliphatic rings.